The second-order valence-electron chi connectivity index (χ2n) is 12.7. The number of nitrogens with one attached hydrogen (secondary N) is 1. The van der Waals surface area contributed by atoms with Crippen molar-refractivity contribution in [3.05, 3.63) is 0 Å². The van der Waals surface area contributed by atoms with Crippen LogP contribution in [0.1, 0.15) is 137 Å². The second-order valence-corrected chi connectivity index (χ2v) is 13.9. The highest BCUT2D eigenvalue weighted by atomic mass is 32.2. The van der Waals surface area contributed by atoms with Gasteiger partial charge in [-0.05, 0) is 6.42 Å². The van der Waals surface area contributed by atoms with Crippen LogP contribution in [0.2, 0.25) is 0 Å². The van der Waals surface area contributed by atoms with Crippen LogP contribution in [0.4, 0.5) is 0 Å². The third kappa shape index (κ3) is 20.1. The van der Waals surface area contributed by atoms with E-state index in [1.807, 2.05) is 0 Å². The van der Waals surface area contributed by atoms with Gasteiger partial charge in [-0.15, -0.1) is 11.8 Å². The van der Waals surface area contributed by atoms with Gasteiger partial charge in [-0.25, -0.2) is 4.79 Å². The summed E-state index contributed by atoms with van der Waals surface area (Å²) in [4.78, 5) is 73.2. The molecule has 1 aliphatic heterocycles. The van der Waals surface area contributed by atoms with Crippen LogP contribution in [-0.2, 0) is 57.2 Å². The van der Waals surface area contributed by atoms with E-state index < -0.39 is 65.7 Å². The Bertz CT molecular complexity index is 1040. The minimum absolute atomic E-state index is 0.0645. The largest absolute Gasteiger partial charge is 0.467 e. The number of carbonyl (C=O) groups excluding carboxylic acids is 6. The molecule has 1 unspecified atom stereocenters. The summed E-state index contributed by atoms with van der Waals surface area (Å²) in [7, 11) is 1.20. The van der Waals surface area contributed by atoms with Gasteiger partial charge in [0.05, 0.1) is 7.11 Å². The Kier molecular flexibility index (Phi) is 24.3. The fourth-order valence-corrected chi connectivity index (χ4v) is 6.97. The predicted octanol–water partition coefficient (Wildman–Crippen LogP) is 5.72. The van der Waals surface area contributed by atoms with Gasteiger partial charge in [-0.2, -0.15) is 0 Å². The maximum Gasteiger partial charge on any atom is 0.329 e. The molecule has 0 bridgehead atoms. The molecule has 1 heterocycles. The van der Waals surface area contributed by atoms with Crippen molar-refractivity contribution in [3.8, 4) is 0 Å². The van der Waals surface area contributed by atoms with Crippen LogP contribution in [0.25, 0.3) is 0 Å². The van der Waals surface area contributed by atoms with Crippen LogP contribution in [0.3, 0.4) is 0 Å². The van der Waals surface area contributed by atoms with Gasteiger partial charge >= 0.3 is 29.8 Å². The molecule has 1 rings (SSSR count). The lowest BCUT2D eigenvalue weighted by atomic mass is 9.99. The first-order chi connectivity index (χ1) is 23.9. The number of ether oxygens (including phenoxy) is 6. The predicted molar refractivity (Wildman–Crippen MR) is 188 cm³/mol. The van der Waals surface area contributed by atoms with Crippen LogP contribution in [0, 0.1) is 0 Å². The molecule has 288 valence electrons. The zero-order valence-corrected chi connectivity index (χ0v) is 31.8. The lowest BCUT2D eigenvalue weighted by Crippen LogP contribution is -2.61. The summed E-state index contributed by atoms with van der Waals surface area (Å²) in [5.41, 5.74) is -1.09. The lowest BCUT2D eigenvalue weighted by molar-refractivity contribution is -0.237. The zero-order valence-electron chi connectivity index (χ0n) is 31.0. The van der Waals surface area contributed by atoms with Crippen LogP contribution in [-0.4, -0.2) is 91.1 Å². The average molecular weight is 732 g/mol. The number of methoxy groups -OCH3 is 1. The summed E-state index contributed by atoms with van der Waals surface area (Å²) in [5.74, 6) is -3.91. The molecule has 14 heteroatoms. The standard InChI is InChI=1S/C36H61NO12S/c1-7-8-9-10-11-12-13-14-15-16-17-18-19-20-21-22-31(42)37-29(35(43)44-6)24-50-36-34(48-28(5)41)33(47-27(4)40)32(46-26(3)39)30(49-36)23-45-25(2)38/h29-30,32-34,36H,7-24H2,1-6H3,(H,37,42)/t29?,30-,32+,33+,34-,36+/m1/s1. The van der Waals surface area contributed by atoms with Crippen molar-refractivity contribution in [2.75, 3.05) is 19.5 Å². The van der Waals surface area contributed by atoms with Crippen LogP contribution in [0.5, 0.6) is 0 Å². The van der Waals surface area contributed by atoms with Crippen molar-refractivity contribution < 1.29 is 57.2 Å². The molecule has 1 N–H and O–H groups in total. The van der Waals surface area contributed by atoms with Gasteiger partial charge in [0, 0.05) is 39.9 Å². The summed E-state index contributed by atoms with van der Waals surface area (Å²) in [6.07, 6.45) is 13.4. The van der Waals surface area contributed by atoms with E-state index in [4.69, 9.17) is 28.4 Å². The molecule has 0 aromatic heterocycles. The Morgan fingerprint density at radius 3 is 1.56 bits per heavy atom. The van der Waals surface area contributed by atoms with Crippen LogP contribution in [0.15, 0.2) is 0 Å². The highest BCUT2D eigenvalue weighted by molar-refractivity contribution is 7.99. The number of thioether (sulfide) groups is 1. The molecule has 1 fully saturated rings. The van der Waals surface area contributed by atoms with Crippen molar-refractivity contribution in [1.82, 2.24) is 5.32 Å². The Balaban J connectivity index is 2.69. The molecule has 1 aliphatic rings. The first kappa shape index (κ1) is 45.2. The highest BCUT2D eigenvalue weighted by Crippen LogP contribution is 2.35. The lowest BCUT2D eigenvalue weighted by Gasteiger charge is -2.44. The minimum atomic E-state index is -1.33. The molecule has 0 aromatic carbocycles. The number of carbonyl (C=O) groups is 6. The van der Waals surface area contributed by atoms with Crippen LogP contribution >= 0.6 is 11.8 Å². The van der Waals surface area contributed by atoms with Gasteiger partial charge in [-0.1, -0.05) is 96.8 Å². The van der Waals surface area contributed by atoms with E-state index >= 15 is 0 Å². The number of unbranched alkanes of at least 4 members (excludes halogenated alkanes) is 14. The Morgan fingerprint density at radius 1 is 0.640 bits per heavy atom. The SMILES string of the molecule is CCCCCCCCCCCCCCCCCC(=O)NC(CS[C@@H]1O[C@H](COC(C)=O)[C@H](OC(C)=O)[C@H](OC(C)=O)[C@H]1OC(C)=O)C(=O)OC. The topological polar surface area (TPSA) is 170 Å². The van der Waals surface area contributed by atoms with E-state index in [0.717, 1.165) is 51.8 Å². The summed E-state index contributed by atoms with van der Waals surface area (Å²) in [5, 5.41) is 2.72. The van der Waals surface area contributed by atoms with Gasteiger partial charge in [0.15, 0.2) is 18.3 Å². The molecule has 50 heavy (non-hydrogen) atoms. The van der Waals surface area contributed by atoms with Crippen molar-refractivity contribution in [3.63, 3.8) is 0 Å². The smallest absolute Gasteiger partial charge is 0.329 e. The van der Waals surface area contributed by atoms with Gasteiger partial charge in [0.1, 0.15) is 24.2 Å². The molecule has 0 saturated carbocycles. The molecule has 0 radical (unpaired) electrons. The summed E-state index contributed by atoms with van der Waals surface area (Å²) >= 11 is 0.993. The number of rotatable bonds is 26. The van der Waals surface area contributed by atoms with E-state index in [1.165, 1.54) is 84.7 Å². The second kappa shape index (κ2) is 26.9. The molecular weight excluding hydrogens is 670 g/mol. The van der Waals surface area contributed by atoms with Crippen molar-refractivity contribution in [2.24, 2.45) is 0 Å². The third-order valence-corrected chi connectivity index (χ3v) is 9.44. The minimum Gasteiger partial charge on any atom is -0.467 e. The maximum atomic E-state index is 12.8. The van der Waals surface area contributed by atoms with Crippen LogP contribution < -0.4 is 5.32 Å². The number of hydrogen-bond donors (Lipinski definition) is 1. The van der Waals surface area contributed by atoms with E-state index in [9.17, 15) is 28.8 Å². The van der Waals surface area contributed by atoms with E-state index in [2.05, 4.69) is 12.2 Å². The normalized spacial score (nSPS) is 20.6. The number of hydrogen-bond acceptors (Lipinski definition) is 13. The first-order valence-corrected chi connectivity index (χ1v) is 19.2. The average Bonchev–Trinajstić information content (AvgIpc) is 3.05. The van der Waals surface area contributed by atoms with Gasteiger partial charge < -0.3 is 33.7 Å². The zero-order chi connectivity index (χ0) is 37.3. The van der Waals surface area contributed by atoms with Gasteiger partial charge in [0.2, 0.25) is 5.91 Å². The fraction of sp³-hybridized carbons (Fsp3) is 0.833. The maximum absolute atomic E-state index is 12.8. The number of esters is 5. The van der Waals surface area contributed by atoms with E-state index in [0.29, 0.717) is 6.42 Å². The highest BCUT2D eigenvalue weighted by Gasteiger charge is 2.52. The first-order valence-electron chi connectivity index (χ1n) is 18.2. The summed E-state index contributed by atoms with van der Waals surface area (Å²) in [6, 6.07) is -1.07. The van der Waals surface area contributed by atoms with E-state index in [-0.39, 0.29) is 24.7 Å². The quantitative estimate of drug-likeness (QED) is 0.0652. The third-order valence-electron chi connectivity index (χ3n) is 8.20. The molecule has 13 nitrogen and oxygen atoms in total. The van der Waals surface area contributed by atoms with Gasteiger partial charge in [0.25, 0.3) is 0 Å². The monoisotopic (exact) mass is 731 g/mol. The van der Waals surface area contributed by atoms with Crippen molar-refractivity contribution in [2.45, 2.75) is 173 Å². The molecule has 1 amide bonds. The van der Waals surface area contributed by atoms with Gasteiger partial charge in [-0.3, -0.25) is 24.0 Å². The summed E-state index contributed by atoms with van der Waals surface area (Å²) in [6.45, 7) is 6.48. The van der Waals surface area contributed by atoms with Crippen molar-refractivity contribution in [1.29, 1.82) is 0 Å². The number of amides is 1. The summed E-state index contributed by atoms with van der Waals surface area (Å²) < 4.78 is 32.4. The Hall–Kier alpha value is -2.87. The van der Waals surface area contributed by atoms with Crippen molar-refractivity contribution >= 4 is 47.5 Å². The van der Waals surface area contributed by atoms with E-state index in [1.54, 1.807) is 0 Å². The molecule has 0 aromatic rings. The molecular formula is C36H61NO12S. The molecule has 6 atom stereocenters. The Morgan fingerprint density at radius 2 is 1.10 bits per heavy atom. The fourth-order valence-electron chi connectivity index (χ4n) is 5.75. The molecule has 0 spiro atoms. The Labute approximate surface area is 302 Å². The molecule has 0 aliphatic carbocycles. The molecule has 1 saturated heterocycles.